The third kappa shape index (κ3) is 7.25. The van der Waals surface area contributed by atoms with Crippen LogP contribution in [0.15, 0.2) is 59.3 Å². The standard InChI is InChI=1S/C29H33BrN4O7/c1-38-11-2-9-33-10-12-39-25-8-3-19(13-23(25)33)18-40-26-17-34(29(36)37)16-24(35)27(26)20-4-6-22(7-5-20)41-28-31-14-21(30)15-32-28/h3-8,13-15,24,26-27,35H,2,9-12,16-18H2,1H3,(H,36,37). The van der Waals surface area contributed by atoms with E-state index >= 15 is 0 Å². The van der Waals surface area contributed by atoms with Gasteiger partial charge in [-0.05, 0) is 57.7 Å². The molecular formula is C29H33BrN4O7. The molecule has 3 aromatic rings. The lowest BCUT2D eigenvalue weighted by Gasteiger charge is -2.40. The molecule has 5 rings (SSSR count). The van der Waals surface area contributed by atoms with Crippen molar-refractivity contribution in [3.05, 3.63) is 70.5 Å². The molecule has 12 heteroatoms. The summed E-state index contributed by atoms with van der Waals surface area (Å²) in [6.07, 6.45) is 1.50. The Morgan fingerprint density at radius 1 is 1.15 bits per heavy atom. The second-order valence-electron chi connectivity index (χ2n) is 9.97. The maximum atomic E-state index is 11.8. The summed E-state index contributed by atoms with van der Waals surface area (Å²) in [5, 5.41) is 20.7. The molecule has 41 heavy (non-hydrogen) atoms. The Kier molecular flexibility index (Phi) is 9.55. The minimum absolute atomic E-state index is 0.00252. The van der Waals surface area contributed by atoms with Gasteiger partial charge < -0.3 is 39.0 Å². The summed E-state index contributed by atoms with van der Waals surface area (Å²) in [7, 11) is 1.70. The minimum atomic E-state index is -1.09. The normalized spacial score (nSPS) is 20.3. The minimum Gasteiger partial charge on any atom is -0.490 e. The van der Waals surface area contributed by atoms with E-state index in [9.17, 15) is 15.0 Å². The van der Waals surface area contributed by atoms with E-state index < -0.39 is 24.2 Å². The summed E-state index contributed by atoms with van der Waals surface area (Å²) >= 11 is 3.30. The molecule has 11 nitrogen and oxygen atoms in total. The Hall–Kier alpha value is -3.45. The summed E-state index contributed by atoms with van der Waals surface area (Å²) in [6.45, 7) is 3.35. The van der Waals surface area contributed by atoms with Gasteiger partial charge >= 0.3 is 12.1 Å². The monoisotopic (exact) mass is 628 g/mol. The zero-order chi connectivity index (χ0) is 28.8. The second-order valence-corrected chi connectivity index (χ2v) is 10.9. The van der Waals surface area contributed by atoms with Crippen LogP contribution in [0.2, 0.25) is 0 Å². The molecule has 2 aromatic carbocycles. The first-order chi connectivity index (χ1) is 19.9. The summed E-state index contributed by atoms with van der Waals surface area (Å²) in [6, 6.07) is 13.4. The van der Waals surface area contributed by atoms with E-state index in [-0.39, 0.29) is 25.7 Å². The van der Waals surface area contributed by atoms with Crippen LogP contribution in [-0.4, -0.2) is 89.9 Å². The highest BCUT2D eigenvalue weighted by Gasteiger charge is 2.39. The Morgan fingerprint density at radius 2 is 1.93 bits per heavy atom. The van der Waals surface area contributed by atoms with Crippen molar-refractivity contribution in [1.29, 1.82) is 0 Å². The zero-order valence-electron chi connectivity index (χ0n) is 22.7. The number of aliphatic hydroxyl groups is 1. The second kappa shape index (κ2) is 13.5. The lowest BCUT2D eigenvalue weighted by molar-refractivity contribution is -0.0660. The van der Waals surface area contributed by atoms with Gasteiger partial charge in [-0.2, -0.15) is 0 Å². The average Bonchev–Trinajstić information content (AvgIpc) is 2.98. The number of benzene rings is 2. The van der Waals surface area contributed by atoms with Crippen molar-refractivity contribution in [1.82, 2.24) is 14.9 Å². The number of halogens is 1. The summed E-state index contributed by atoms with van der Waals surface area (Å²) in [4.78, 5) is 23.5. The van der Waals surface area contributed by atoms with Gasteiger partial charge in [-0.3, -0.25) is 0 Å². The summed E-state index contributed by atoms with van der Waals surface area (Å²) < 4.78 is 23.9. The van der Waals surface area contributed by atoms with Crippen molar-refractivity contribution in [3.63, 3.8) is 0 Å². The molecule has 3 atom stereocenters. The molecule has 2 N–H and O–H groups in total. The van der Waals surface area contributed by atoms with Gasteiger partial charge in [-0.15, -0.1) is 0 Å². The number of ether oxygens (including phenoxy) is 4. The van der Waals surface area contributed by atoms with Gasteiger partial charge in [-0.1, -0.05) is 18.2 Å². The lowest BCUT2D eigenvalue weighted by Crippen LogP contribution is -2.53. The van der Waals surface area contributed by atoms with E-state index in [1.54, 1.807) is 31.6 Å². The first kappa shape index (κ1) is 29.1. The van der Waals surface area contributed by atoms with Gasteiger partial charge in [0.05, 0.1) is 48.6 Å². The van der Waals surface area contributed by atoms with Gasteiger partial charge in [0.2, 0.25) is 0 Å². The number of amides is 1. The van der Waals surface area contributed by atoms with Crippen LogP contribution in [0.5, 0.6) is 17.5 Å². The number of methoxy groups -OCH3 is 1. The number of carboxylic acid groups (broad SMARTS) is 1. The van der Waals surface area contributed by atoms with E-state index in [2.05, 4.69) is 36.9 Å². The van der Waals surface area contributed by atoms with E-state index in [1.807, 2.05) is 24.3 Å². The molecule has 2 aliphatic heterocycles. The predicted molar refractivity (Wildman–Crippen MR) is 154 cm³/mol. The fourth-order valence-corrected chi connectivity index (χ4v) is 5.41. The molecule has 0 saturated carbocycles. The summed E-state index contributed by atoms with van der Waals surface area (Å²) in [5.74, 6) is 0.934. The Morgan fingerprint density at radius 3 is 2.66 bits per heavy atom. The highest BCUT2D eigenvalue weighted by atomic mass is 79.9. The first-order valence-electron chi connectivity index (χ1n) is 13.4. The molecule has 0 spiro atoms. The van der Waals surface area contributed by atoms with Crippen molar-refractivity contribution in [2.45, 2.75) is 31.2 Å². The molecule has 0 bridgehead atoms. The molecule has 1 saturated heterocycles. The number of hydrogen-bond donors (Lipinski definition) is 2. The highest BCUT2D eigenvalue weighted by Crippen LogP contribution is 2.35. The van der Waals surface area contributed by atoms with Crippen LogP contribution >= 0.6 is 15.9 Å². The number of rotatable bonds is 10. The molecular weight excluding hydrogens is 596 g/mol. The van der Waals surface area contributed by atoms with Crippen molar-refractivity contribution < 1.29 is 34.0 Å². The molecule has 3 heterocycles. The van der Waals surface area contributed by atoms with Crippen molar-refractivity contribution >= 4 is 27.7 Å². The molecule has 1 fully saturated rings. The van der Waals surface area contributed by atoms with Crippen LogP contribution in [0.4, 0.5) is 10.5 Å². The Labute approximate surface area is 246 Å². The fourth-order valence-electron chi connectivity index (χ4n) is 5.20. The number of fused-ring (bicyclic) bond motifs is 1. The van der Waals surface area contributed by atoms with Crippen molar-refractivity contribution in [3.8, 4) is 17.5 Å². The van der Waals surface area contributed by atoms with Crippen LogP contribution in [0.3, 0.4) is 0 Å². The smallest absolute Gasteiger partial charge is 0.407 e. The van der Waals surface area contributed by atoms with Gasteiger partial charge in [0.25, 0.3) is 0 Å². The topological polar surface area (TPSA) is 127 Å². The lowest BCUT2D eigenvalue weighted by atomic mass is 9.84. The highest BCUT2D eigenvalue weighted by molar-refractivity contribution is 9.10. The number of nitrogens with zero attached hydrogens (tertiary/aromatic N) is 4. The van der Waals surface area contributed by atoms with E-state index in [4.69, 9.17) is 18.9 Å². The van der Waals surface area contributed by atoms with Crippen LogP contribution in [-0.2, 0) is 16.1 Å². The quantitative estimate of drug-likeness (QED) is 0.314. The molecule has 2 aliphatic rings. The largest absolute Gasteiger partial charge is 0.490 e. The number of aliphatic hydroxyl groups excluding tert-OH is 1. The van der Waals surface area contributed by atoms with Crippen LogP contribution < -0.4 is 14.4 Å². The number of piperidine rings is 1. The predicted octanol–water partition coefficient (Wildman–Crippen LogP) is 4.29. The fraction of sp³-hybridized carbons (Fsp3) is 0.414. The Bertz CT molecular complexity index is 1310. The third-order valence-corrected chi connectivity index (χ3v) is 7.60. The molecule has 1 aromatic heterocycles. The SMILES string of the molecule is COCCCN1CCOc2ccc(COC3CN(C(=O)O)CC(O)C3c3ccc(Oc4ncc(Br)cn4)cc3)cc21. The number of anilines is 1. The molecule has 1 amide bonds. The van der Waals surface area contributed by atoms with Gasteiger partial charge in [0.15, 0.2) is 0 Å². The number of carbonyl (C=O) groups is 1. The first-order valence-corrected chi connectivity index (χ1v) is 14.2. The van der Waals surface area contributed by atoms with Gasteiger partial charge in [0, 0.05) is 38.6 Å². The summed E-state index contributed by atoms with van der Waals surface area (Å²) in [5.41, 5.74) is 2.76. The van der Waals surface area contributed by atoms with Crippen LogP contribution in [0.1, 0.15) is 23.5 Å². The van der Waals surface area contributed by atoms with E-state index in [0.29, 0.717) is 19.0 Å². The molecule has 218 valence electrons. The third-order valence-electron chi connectivity index (χ3n) is 7.19. The maximum absolute atomic E-state index is 11.8. The van der Waals surface area contributed by atoms with Crippen molar-refractivity contribution in [2.75, 3.05) is 51.4 Å². The number of aromatic nitrogens is 2. The zero-order valence-corrected chi connectivity index (χ0v) is 24.3. The molecule has 0 radical (unpaired) electrons. The average molecular weight is 630 g/mol. The Balaban J connectivity index is 1.31. The molecule has 0 aliphatic carbocycles. The van der Waals surface area contributed by atoms with Gasteiger partial charge in [-0.25, -0.2) is 14.8 Å². The van der Waals surface area contributed by atoms with E-state index in [0.717, 1.165) is 46.5 Å². The maximum Gasteiger partial charge on any atom is 0.407 e. The number of β-amino-alcohol motifs (C(OH)–C–C–N with tert-alkyl or cyclic N) is 1. The van der Waals surface area contributed by atoms with Crippen LogP contribution in [0, 0.1) is 0 Å². The number of likely N-dealkylation sites (tertiary alicyclic amines) is 1. The van der Waals surface area contributed by atoms with Crippen LogP contribution in [0.25, 0.3) is 0 Å². The van der Waals surface area contributed by atoms with E-state index in [1.165, 1.54) is 4.90 Å². The van der Waals surface area contributed by atoms with Gasteiger partial charge in [0.1, 0.15) is 18.1 Å². The van der Waals surface area contributed by atoms with Crippen molar-refractivity contribution in [2.24, 2.45) is 0 Å². The number of hydrogen-bond acceptors (Lipinski definition) is 9. The molecule has 3 unspecified atom stereocenters.